The van der Waals surface area contributed by atoms with E-state index in [1.165, 1.54) is 29.6 Å². The molecule has 0 fully saturated rings. The molecule has 1 aliphatic rings. The molecule has 0 aromatic heterocycles. The summed E-state index contributed by atoms with van der Waals surface area (Å²) in [7, 11) is 0. The zero-order valence-corrected chi connectivity index (χ0v) is 12.0. The summed E-state index contributed by atoms with van der Waals surface area (Å²) in [5, 5.41) is 0. The summed E-state index contributed by atoms with van der Waals surface area (Å²) < 4.78 is 0. The Morgan fingerprint density at radius 3 is 2.33 bits per heavy atom. The fraction of sp³-hybridized carbons (Fsp3) is 0.444. The van der Waals surface area contributed by atoms with Crippen LogP contribution in [0.5, 0.6) is 0 Å². The Bertz CT molecular complexity index is 455. The fourth-order valence-electron chi connectivity index (χ4n) is 2.60. The first-order valence-corrected chi connectivity index (χ1v) is 7.00. The van der Waals surface area contributed by atoms with Crippen LogP contribution in [-0.4, -0.2) is 0 Å². The van der Waals surface area contributed by atoms with Gasteiger partial charge < -0.3 is 0 Å². The van der Waals surface area contributed by atoms with E-state index < -0.39 is 0 Å². The molecule has 0 saturated carbocycles. The van der Waals surface area contributed by atoms with Crippen molar-refractivity contribution in [3.8, 4) is 0 Å². The van der Waals surface area contributed by atoms with Crippen molar-refractivity contribution in [1.82, 2.24) is 0 Å². The van der Waals surface area contributed by atoms with Gasteiger partial charge in [-0.2, -0.15) is 0 Å². The van der Waals surface area contributed by atoms with Gasteiger partial charge in [0.25, 0.3) is 0 Å². The van der Waals surface area contributed by atoms with Gasteiger partial charge >= 0.3 is 0 Å². The largest absolute Gasteiger partial charge is 0.0802 e. The maximum absolute atomic E-state index is 2.43. The van der Waals surface area contributed by atoms with Crippen LogP contribution in [0.1, 0.15) is 46.1 Å². The van der Waals surface area contributed by atoms with Gasteiger partial charge in [0.2, 0.25) is 0 Å². The molecule has 0 radical (unpaired) electrons. The van der Waals surface area contributed by atoms with Crippen molar-refractivity contribution in [3.63, 3.8) is 0 Å². The third-order valence-electron chi connectivity index (χ3n) is 3.84. The van der Waals surface area contributed by atoms with E-state index in [1.807, 2.05) is 0 Å². The molecule has 0 amide bonds. The minimum absolute atomic E-state index is 0.249. The highest BCUT2D eigenvalue weighted by molar-refractivity contribution is 5.71. The standard InChI is InChI=1S/C18H24/c1-5-14-11-12-16(18(2,3)4)13-17(14)15-9-7-6-8-10-15/h6-10,12-14H,5,11H2,1-4H3. The SMILES string of the molecule is CCC1CC=C(C(C)(C)C)C=C1c1ccccc1. The van der Waals surface area contributed by atoms with Crippen molar-refractivity contribution in [3.05, 3.63) is 53.6 Å². The molecule has 0 N–H and O–H groups in total. The molecule has 0 saturated heterocycles. The maximum Gasteiger partial charge on any atom is -0.0124 e. The van der Waals surface area contributed by atoms with Crippen LogP contribution in [0.25, 0.3) is 5.57 Å². The summed E-state index contributed by atoms with van der Waals surface area (Å²) in [5.41, 5.74) is 4.63. The Labute approximate surface area is 111 Å². The van der Waals surface area contributed by atoms with Crippen LogP contribution in [0.2, 0.25) is 0 Å². The highest BCUT2D eigenvalue weighted by Crippen LogP contribution is 2.39. The molecular weight excluding hydrogens is 216 g/mol. The summed E-state index contributed by atoms with van der Waals surface area (Å²) >= 11 is 0. The molecule has 0 nitrogen and oxygen atoms in total. The van der Waals surface area contributed by atoms with E-state index in [9.17, 15) is 0 Å². The van der Waals surface area contributed by atoms with Gasteiger partial charge in [0, 0.05) is 0 Å². The normalized spacial score (nSPS) is 20.3. The number of hydrogen-bond donors (Lipinski definition) is 0. The Balaban J connectivity index is 2.40. The second-order valence-corrected chi connectivity index (χ2v) is 6.22. The lowest BCUT2D eigenvalue weighted by Crippen LogP contribution is -2.14. The van der Waals surface area contributed by atoms with Crippen LogP contribution in [0.4, 0.5) is 0 Å². The predicted molar refractivity (Wildman–Crippen MR) is 80.4 cm³/mol. The van der Waals surface area contributed by atoms with Crippen molar-refractivity contribution < 1.29 is 0 Å². The molecule has 1 aliphatic carbocycles. The van der Waals surface area contributed by atoms with Gasteiger partial charge in [0.1, 0.15) is 0 Å². The van der Waals surface area contributed by atoms with Crippen molar-refractivity contribution in [2.75, 3.05) is 0 Å². The highest BCUT2D eigenvalue weighted by Gasteiger charge is 2.23. The van der Waals surface area contributed by atoms with Crippen LogP contribution < -0.4 is 0 Å². The zero-order chi connectivity index (χ0) is 13.2. The molecule has 1 aromatic rings. The topological polar surface area (TPSA) is 0 Å². The average Bonchev–Trinajstić information content (AvgIpc) is 2.38. The highest BCUT2D eigenvalue weighted by atomic mass is 14.3. The number of rotatable bonds is 2. The quantitative estimate of drug-likeness (QED) is 0.642. The van der Waals surface area contributed by atoms with Crippen molar-refractivity contribution >= 4 is 5.57 Å². The Hall–Kier alpha value is -1.30. The minimum Gasteiger partial charge on any atom is -0.0802 e. The molecule has 0 bridgehead atoms. The number of hydrogen-bond acceptors (Lipinski definition) is 0. The molecule has 2 rings (SSSR count). The molecule has 18 heavy (non-hydrogen) atoms. The van der Waals surface area contributed by atoms with Gasteiger partial charge in [-0.1, -0.05) is 70.2 Å². The van der Waals surface area contributed by atoms with Crippen LogP contribution in [0.3, 0.4) is 0 Å². The summed E-state index contributed by atoms with van der Waals surface area (Å²) in [6.45, 7) is 9.18. The van der Waals surface area contributed by atoms with Gasteiger partial charge in [-0.05, 0) is 40.9 Å². The molecule has 0 heterocycles. The summed E-state index contributed by atoms with van der Waals surface area (Å²) in [4.78, 5) is 0. The van der Waals surface area contributed by atoms with E-state index in [4.69, 9.17) is 0 Å². The molecule has 96 valence electrons. The Kier molecular flexibility index (Phi) is 3.75. The lowest BCUT2D eigenvalue weighted by Gasteiger charge is -2.29. The van der Waals surface area contributed by atoms with E-state index in [0.29, 0.717) is 5.92 Å². The van der Waals surface area contributed by atoms with Gasteiger partial charge in [0.15, 0.2) is 0 Å². The summed E-state index contributed by atoms with van der Waals surface area (Å²) in [5.74, 6) is 0.679. The number of benzene rings is 1. The second-order valence-electron chi connectivity index (χ2n) is 6.22. The van der Waals surface area contributed by atoms with E-state index >= 15 is 0 Å². The number of allylic oxidation sites excluding steroid dienone is 4. The van der Waals surface area contributed by atoms with Crippen LogP contribution in [0.15, 0.2) is 48.1 Å². The minimum atomic E-state index is 0.249. The Morgan fingerprint density at radius 1 is 1.11 bits per heavy atom. The third-order valence-corrected chi connectivity index (χ3v) is 3.84. The lowest BCUT2D eigenvalue weighted by atomic mass is 9.76. The van der Waals surface area contributed by atoms with Gasteiger partial charge in [-0.15, -0.1) is 0 Å². The van der Waals surface area contributed by atoms with Crippen molar-refractivity contribution in [1.29, 1.82) is 0 Å². The molecule has 1 atom stereocenters. The molecule has 1 aromatic carbocycles. The monoisotopic (exact) mass is 240 g/mol. The lowest BCUT2D eigenvalue weighted by molar-refractivity contribution is 0.505. The van der Waals surface area contributed by atoms with Crippen LogP contribution in [-0.2, 0) is 0 Å². The van der Waals surface area contributed by atoms with E-state index in [0.717, 1.165) is 0 Å². The zero-order valence-electron chi connectivity index (χ0n) is 12.0. The van der Waals surface area contributed by atoms with E-state index in [1.54, 1.807) is 0 Å². The first kappa shape index (κ1) is 13.1. The first-order chi connectivity index (χ1) is 8.52. The average molecular weight is 240 g/mol. The van der Waals surface area contributed by atoms with Gasteiger partial charge in [-0.25, -0.2) is 0 Å². The van der Waals surface area contributed by atoms with Crippen molar-refractivity contribution in [2.45, 2.75) is 40.5 Å². The molecular formula is C18H24. The predicted octanol–water partition coefficient (Wildman–Crippen LogP) is 5.47. The van der Waals surface area contributed by atoms with E-state index in [-0.39, 0.29) is 5.41 Å². The van der Waals surface area contributed by atoms with Gasteiger partial charge in [-0.3, -0.25) is 0 Å². The summed E-state index contributed by atoms with van der Waals surface area (Å²) in [6, 6.07) is 10.8. The fourth-order valence-corrected chi connectivity index (χ4v) is 2.60. The van der Waals surface area contributed by atoms with Crippen LogP contribution in [0, 0.1) is 11.3 Å². The molecule has 1 unspecified atom stereocenters. The second kappa shape index (κ2) is 5.14. The van der Waals surface area contributed by atoms with Crippen LogP contribution >= 0.6 is 0 Å². The maximum atomic E-state index is 2.43. The Morgan fingerprint density at radius 2 is 1.78 bits per heavy atom. The smallest absolute Gasteiger partial charge is 0.0124 e. The van der Waals surface area contributed by atoms with Gasteiger partial charge in [0.05, 0.1) is 0 Å². The molecule has 0 heteroatoms. The molecule has 0 spiro atoms. The van der Waals surface area contributed by atoms with Crippen molar-refractivity contribution in [2.24, 2.45) is 11.3 Å². The van der Waals surface area contributed by atoms with E-state index in [2.05, 4.69) is 70.2 Å². The molecule has 0 aliphatic heterocycles. The first-order valence-electron chi connectivity index (χ1n) is 7.00. The summed E-state index contributed by atoms with van der Waals surface area (Å²) in [6.07, 6.45) is 7.26. The third kappa shape index (κ3) is 2.75.